The lowest BCUT2D eigenvalue weighted by Crippen LogP contribution is -2.30. The van der Waals surface area contributed by atoms with Gasteiger partial charge in [-0.1, -0.05) is 0 Å². The van der Waals surface area contributed by atoms with Crippen LogP contribution in [0.5, 0.6) is 5.88 Å². The van der Waals surface area contributed by atoms with Gasteiger partial charge >= 0.3 is 5.97 Å². The maximum absolute atomic E-state index is 10.6. The first-order valence-corrected chi connectivity index (χ1v) is 3.78. The molecular formula is C7H8N2O4. The molecule has 70 valence electrons. The molecule has 2 rings (SSSR count). The fraction of sp³-hybridized carbons (Fsp3) is 0.429. The Morgan fingerprint density at radius 1 is 1.77 bits per heavy atom. The van der Waals surface area contributed by atoms with Crippen LogP contribution in [0, 0.1) is 0 Å². The van der Waals surface area contributed by atoms with Crippen LogP contribution in [0.15, 0.2) is 6.20 Å². The quantitative estimate of drug-likeness (QED) is 0.605. The molecule has 0 aromatic carbocycles. The largest absolute Gasteiger partial charge is 0.477 e. The lowest BCUT2D eigenvalue weighted by molar-refractivity contribution is 0.0520. The molecule has 0 spiro atoms. The van der Waals surface area contributed by atoms with Gasteiger partial charge in [-0.05, 0) is 0 Å². The summed E-state index contributed by atoms with van der Waals surface area (Å²) in [6.07, 6.45) is 0.601. The Hall–Kier alpha value is -1.56. The first kappa shape index (κ1) is 8.06. The first-order valence-electron chi connectivity index (χ1n) is 3.78. The van der Waals surface area contributed by atoms with E-state index in [9.17, 15) is 9.90 Å². The van der Waals surface area contributed by atoms with Crippen LogP contribution < -0.4 is 4.74 Å². The molecule has 6 nitrogen and oxygen atoms in total. The lowest BCUT2D eigenvalue weighted by atomic mass is 10.3. The van der Waals surface area contributed by atoms with Gasteiger partial charge in [0.2, 0.25) is 5.88 Å². The summed E-state index contributed by atoms with van der Waals surface area (Å²) in [5.41, 5.74) is 0.0342. The summed E-state index contributed by atoms with van der Waals surface area (Å²) in [4.78, 5) is 10.6. The Balaban J connectivity index is 2.39. The van der Waals surface area contributed by atoms with Crippen molar-refractivity contribution in [3.8, 4) is 5.88 Å². The highest BCUT2D eigenvalue weighted by Crippen LogP contribution is 2.21. The number of fused-ring (bicyclic) bond motifs is 1. The van der Waals surface area contributed by atoms with Gasteiger partial charge in [-0.15, -0.1) is 0 Å². The molecule has 2 N–H and O–H groups in total. The maximum atomic E-state index is 10.6. The SMILES string of the molecule is O=C(O)c1cnn2c1OC[C@@H](O)C2. The molecule has 0 saturated carbocycles. The summed E-state index contributed by atoms with van der Waals surface area (Å²) in [5, 5.41) is 21.6. The van der Waals surface area contributed by atoms with Gasteiger partial charge in [0, 0.05) is 0 Å². The predicted molar refractivity (Wildman–Crippen MR) is 40.7 cm³/mol. The Morgan fingerprint density at radius 2 is 2.54 bits per heavy atom. The second-order valence-electron chi connectivity index (χ2n) is 2.82. The van der Waals surface area contributed by atoms with Crippen LogP contribution in [0.3, 0.4) is 0 Å². The maximum Gasteiger partial charge on any atom is 0.342 e. The standard InChI is InChI=1S/C7H8N2O4/c10-4-2-9-6(13-3-4)5(1-8-9)7(11)12/h1,4,10H,2-3H2,(H,11,12)/t4-/m0/s1. The third kappa shape index (κ3) is 1.25. The average molecular weight is 184 g/mol. The summed E-state index contributed by atoms with van der Waals surface area (Å²) in [6, 6.07) is 0. The number of rotatable bonds is 1. The number of ether oxygens (including phenoxy) is 1. The van der Waals surface area contributed by atoms with E-state index in [-0.39, 0.29) is 24.6 Å². The Morgan fingerprint density at radius 3 is 3.23 bits per heavy atom. The number of hydrogen-bond acceptors (Lipinski definition) is 4. The fourth-order valence-corrected chi connectivity index (χ4v) is 1.23. The predicted octanol–water partition coefficient (Wildman–Crippen LogP) is -0.665. The third-order valence-corrected chi connectivity index (χ3v) is 1.82. The van der Waals surface area contributed by atoms with Crippen molar-refractivity contribution >= 4 is 5.97 Å². The van der Waals surface area contributed by atoms with Gasteiger partial charge in [0.25, 0.3) is 0 Å². The van der Waals surface area contributed by atoms with E-state index in [0.29, 0.717) is 0 Å². The van der Waals surface area contributed by atoms with Crippen molar-refractivity contribution in [2.45, 2.75) is 12.6 Å². The number of aromatic carboxylic acids is 1. The molecule has 2 heterocycles. The highest BCUT2D eigenvalue weighted by molar-refractivity contribution is 5.90. The molecule has 0 unspecified atom stereocenters. The molecule has 0 radical (unpaired) electrons. The minimum absolute atomic E-state index is 0.0342. The molecule has 1 aromatic heterocycles. The molecule has 1 aliphatic heterocycles. The molecule has 0 amide bonds. The van der Waals surface area contributed by atoms with E-state index in [1.165, 1.54) is 10.9 Å². The van der Waals surface area contributed by atoms with Crippen LogP contribution in [-0.4, -0.2) is 38.7 Å². The Kier molecular flexibility index (Phi) is 1.70. The van der Waals surface area contributed by atoms with Gasteiger partial charge in [-0.2, -0.15) is 5.10 Å². The van der Waals surface area contributed by atoms with Gasteiger partial charge in [-0.25, -0.2) is 9.48 Å². The van der Waals surface area contributed by atoms with Crippen molar-refractivity contribution in [1.29, 1.82) is 0 Å². The minimum Gasteiger partial charge on any atom is -0.477 e. The van der Waals surface area contributed by atoms with Crippen LogP contribution in [0.25, 0.3) is 0 Å². The van der Waals surface area contributed by atoms with Crippen LogP contribution in [0.2, 0.25) is 0 Å². The number of aliphatic hydroxyl groups excluding tert-OH is 1. The highest BCUT2D eigenvalue weighted by Gasteiger charge is 2.24. The topological polar surface area (TPSA) is 84.6 Å². The molecule has 0 aliphatic carbocycles. The molecule has 1 atom stereocenters. The van der Waals surface area contributed by atoms with Crippen LogP contribution in [-0.2, 0) is 6.54 Å². The summed E-state index contributed by atoms with van der Waals surface area (Å²) in [7, 11) is 0. The van der Waals surface area contributed by atoms with E-state index >= 15 is 0 Å². The van der Waals surface area contributed by atoms with Crippen molar-refractivity contribution in [3.05, 3.63) is 11.8 Å². The molecule has 0 saturated heterocycles. The number of aromatic nitrogens is 2. The molecule has 1 aliphatic rings. The summed E-state index contributed by atoms with van der Waals surface area (Å²) in [5.74, 6) is -0.851. The smallest absolute Gasteiger partial charge is 0.342 e. The zero-order valence-corrected chi connectivity index (χ0v) is 6.67. The number of aliphatic hydroxyl groups is 1. The van der Waals surface area contributed by atoms with E-state index in [1.807, 2.05) is 0 Å². The molecule has 13 heavy (non-hydrogen) atoms. The normalized spacial score (nSPS) is 20.5. The van der Waals surface area contributed by atoms with Gasteiger partial charge in [0.15, 0.2) is 0 Å². The van der Waals surface area contributed by atoms with Gasteiger partial charge in [0.1, 0.15) is 18.3 Å². The molecular weight excluding hydrogens is 176 g/mol. The van der Waals surface area contributed by atoms with E-state index < -0.39 is 12.1 Å². The van der Waals surface area contributed by atoms with E-state index in [0.717, 1.165) is 0 Å². The fourth-order valence-electron chi connectivity index (χ4n) is 1.23. The first-order chi connectivity index (χ1) is 6.18. The molecule has 0 bridgehead atoms. The highest BCUT2D eigenvalue weighted by atomic mass is 16.5. The van der Waals surface area contributed by atoms with Crippen LogP contribution in [0.1, 0.15) is 10.4 Å². The van der Waals surface area contributed by atoms with Crippen molar-refractivity contribution in [2.75, 3.05) is 6.61 Å². The third-order valence-electron chi connectivity index (χ3n) is 1.82. The second-order valence-corrected chi connectivity index (χ2v) is 2.82. The number of carboxylic acid groups (broad SMARTS) is 1. The van der Waals surface area contributed by atoms with Crippen LogP contribution >= 0.6 is 0 Å². The van der Waals surface area contributed by atoms with Crippen molar-refractivity contribution in [1.82, 2.24) is 9.78 Å². The van der Waals surface area contributed by atoms with Crippen molar-refractivity contribution < 1.29 is 19.7 Å². The van der Waals surface area contributed by atoms with Crippen molar-refractivity contribution in [2.24, 2.45) is 0 Å². The van der Waals surface area contributed by atoms with Crippen LogP contribution in [0.4, 0.5) is 0 Å². The van der Waals surface area contributed by atoms with Crippen molar-refractivity contribution in [3.63, 3.8) is 0 Å². The number of hydrogen-bond donors (Lipinski definition) is 2. The van der Waals surface area contributed by atoms with E-state index in [4.69, 9.17) is 9.84 Å². The van der Waals surface area contributed by atoms with Gasteiger partial charge < -0.3 is 14.9 Å². The number of carboxylic acids is 1. The van der Waals surface area contributed by atoms with Gasteiger partial charge in [0.05, 0.1) is 12.7 Å². The number of carbonyl (C=O) groups is 1. The molecule has 0 fully saturated rings. The zero-order chi connectivity index (χ0) is 9.42. The summed E-state index contributed by atoms with van der Waals surface area (Å²) in [6.45, 7) is 0.397. The molecule has 1 aromatic rings. The second kappa shape index (κ2) is 2.74. The monoisotopic (exact) mass is 184 g/mol. The average Bonchev–Trinajstić information content (AvgIpc) is 2.46. The van der Waals surface area contributed by atoms with Gasteiger partial charge in [-0.3, -0.25) is 0 Å². The summed E-state index contributed by atoms with van der Waals surface area (Å²) >= 11 is 0. The molecule has 6 heteroatoms. The zero-order valence-electron chi connectivity index (χ0n) is 6.67. The Labute approximate surface area is 73.4 Å². The van der Waals surface area contributed by atoms with E-state index in [1.54, 1.807) is 0 Å². The Bertz CT molecular complexity index is 346. The van der Waals surface area contributed by atoms with E-state index in [2.05, 4.69) is 5.10 Å². The number of nitrogens with zero attached hydrogens (tertiary/aromatic N) is 2. The minimum atomic E-state index is -1.07. The summed E-state index contributed by atoms with van der Waals surface area (Å²) < 4.78 is 6.38. The lowest BCUT2D eigenvalue weighted by Gasteiger charge is -2.20.